The van der Waals surface area contributed by atoms with Crippen LogP contribution in [0.3, 0.4) is 0 Å². The van der Waals surface area contributed by atoms with Gasteiger partial charge in [0.25, 0.3) is 5.54 Å². The van der Waals surface area contributed by atoms with Crippen molar-refractivity contribution in [3.05, 3.63) is 10.1 Å². The molecule has 0 unspecified atom stereocenters. The van der Waals surface area contributed by atoms with E-state index in [-0.39, 0.29) is 0 Å². The molecule has 92 valence electrons. The van der Waals surface area contributed by atoms with Gasteiger partial charge in [-0.25, -0.2) is 0 Å². The minimum absolute atomic E-state index is 0.868. The van der Waals surface area contributed by atoms with Crippen LogP contribution in [0.25, 0.3) is 0 Å². The van der Waals surface area contributed by atoms with Gasteiger partial charge in [0.1, 0.15) is 19.8 Å². The van der Waals surface area contributed by atoms with E-state index in [0.29, 0.717) is 0 Å². The highest BCUT2D eigenvalue weighted by molar-refractivity contribution is 7.39. The Bertz CT molecular complexity index is 164. The van der Waals surface area contributed by atoms with Gasteiger partial charge in [-0.05, 0) is 0 Å². The minimum atomic E-state index is -2.10. The fourth-order valence-corrected chi connectivity index (χ4v) is 0.323. The van der Waals surface area contributed by atoms with Gasteiger partial charge < -0.3 is 29.6 Å². The maximum absolute atomic E-state index is 10.0. The summed E-state index contributed by atoms with van der Waals surface area (Å²) in [7, 11) is -0.870. The molecule has 0 amide bonds. The Morgan fingerprint density at radius 3 is 1.53 bits per heavy atom. The molecular weight excluding hydrogens is 233 g/mol. The van der Waals surface area contributed by atoms with E-state index in [2.05, 4.69) is 4.52 Å². The molecule has 0 spiro atoms. The lowest BCUT2D eigenvalue weighted by atomic mass is 10.1. The number of nitrogens with zero attached hydrogens (tertiary/aromatic N) is 1. The molecule has 0 aliphatic rings. The fourth-order valence-electron chi connectivity index (χ4n) is 0.323. The van der Waals surface area contributed by atoms with E-state index in [9.17, 15) is 10.1 Å². The number of aliphatic hydroxyl groups is 3. The molecule has 0 bridgehead atoms. The molecule has 0 heterocycles. The Labute approximate surface area is 86.7 Å². The van der Waals surface area contributed by atoms with E-state index >= 15 is 0 Å². The zero-order valence-corrected chi connectivity index (χ0v) is 8.87. The summed E-state index contributed by atoms with van der Waals surface area (Å²) in [5.74, 6) is 0. The van der Waals surface area contributed by atoms with Gasteiger partial charge in [-0.2, -0.15) is 0 Å². The van der Waals surface area contributed by atoms with Gasteiger partial charge in [-0.1, -0.05) is 0 Å². The summed E-state index contributed by atoms with van der Waals surface area (Å²) in [6, 6.07) is 0. The smallest absolute Gasteiger partial charge is 0.326 e. The molecule has 0 saturated carbocycles. The van der Waals surface area contributed by atoms with E-state index in [0.717, 1.165) is 0 Å². The molecule has 0 rings (SSSR count). The maximum atomic E-state index is 10.0. The van der Waals surface area contributed by atoms with Gasteiger partial charge in [0, 0.05) is 12.0 Å². The SMILES string of the molecule is COP(O)O.O=[N+]([O-])C(CO)(CO)CO. The summed E-state index contributed by atoms with van der Waals surface area (Å²) in [5, 5.41) is 35.2. The van der Waals surface area contributed by atoms with Crippen LogP contribution >= 0.6 is 8.60 Å². The molecule has 0 aliphatic carbocycles. The average molecular weight is 247 g/mol. The first kappa shape index (κ1) is 17.0. The first-order valence-corrected chi connectivity index (χ1v) is 4.75. The lowest BCUT2D eigenvalue weighted by Crippen LogP contribution is -2.49. The lowest BCUT2D eigenvalue weighted by molar-refractivity contribution is -0.580. The molecule has 5 N–H and O–H groups in total. The van der Waals surface area contributed by atoms with Crippen molar-refractivity contribution in [1.82, 2.24) is 0 Å². The summed E-state index contributed by atoms with van der Waals surface area (Å²) in [6.45, 7) is -2.60. The first-order chi connectivity index (χ1) is 6.90. The number of nitro groups is 1. The van der Waals surface area contributed by atoms with E-state index < -0.39 is 38.9 Å². The van der Waals surface area contributed by atoms with E-state index in [1.54, 1.807) is 0 Å². The van der Waals surface area contributed by atoms with Crippen LogP contribution in [-0.4, -0.2) is 62.5 Å². The summed E-state index contributed by atoms with van der Waals surface area (Å²) < 4.78 is 3.93. The highest BCUT2D eigenvalue weighted by Crippen LogP contribution is 2.20. The van der Waals surface area contributed by atoms with Crippen molar-refractivity contribution < 1.29 is 34.6 Å². The van der Waals surface area contributed by atoms with Gasteiger partial charge >= 0.3 is 8.60 Å². The Balaban J connectivity index is 0. The molecule has 0 atom stereocenters. The van der Waals surface area contributed by atoms with Crippen molar-refractivity contribution in [3.8, 4) is 0 Å². The molecule has 9 nitrogen and oxygen atoms in total. The predicted molar refractivity (Wildman–Crippen MR) is 49.3 cm³/mol. The van der Waals surface area contributed by atoms with Gasteiger partial charge in [-0.3, -0.25) is 10.1 Å². The minimum Gasteiger partial charge on any atom is -0.389 e. The van der Waals surface area contributed by atoms with E-state index in [1.165, 1.54) is 7.11 Å². The highest BCUT2D eigenvalue weighted by atomic mass is 31.2. The number of hydrogen-bond acceptors (Lipinski definition) is 8. The van der Waals surface area contributed by atoms with Gasteiger partial charge in [0.15, 0.2) is 0 Å². The van der Waals surface area contributed by atoms with Crippen molar-refractivity contribution >= 4 is 8.60 Å². The average Bonchev–Trinajstić information content (AvgIpc) is 2.21. The zero-order chi connectivity index (χ0) is 12.5. The third kappa shape index (κ3) is 6.63. The van der Waals surface area contributed by atoms with Crippen LogP contribution in [0.15, 0.2) is 0 Å². The molecule has 0 radical (unpaired) electrons. The van der Waals surface area contributed by atoms with Crippen LogP contribution in [0.2, 0.25) is 0 Å². The van der Waals surface area contributed by atoms with Crippen LogP contribution < -0.4 is 0 Å². The van der Waals surface area contributed by atoms with Crippen LogP contribution in [0.1, 0.15) is 0 Å². The van der Waals surface area contributed by atoms with Gasteiger partial charge in [0.05, 0.1) is 0 Å². The summed E-state index contributed by atoms with van der Waals surface area (Å²) in [4.78, 5) is 24.7. The van der Waals surface area contributed by atoms with Crippen LogP contribution in [-0.2, 0) is 4.52 Å². The summed E-state index contributed by atoms with van der Waals surface area (Å²) in [5.41, 5.74) is -1.99. The standard InChI is InChI=1S/C4H9NO5.CH5O3P/c6-1-4(2-7,3-8)5(9)10;1-4-5(2)3/h6-8H,1-3H2;2-3H,1H3. The zero-order valence-electron chi connectivity index (χ0n) is 7.98. The van der Waals surface area contributed by atoms with Crippen molar-refractivity contribution in [3.63, 3.8) is 0 Å². The molecule has 0 aromatic heterocycles. The second-order valence-corrected chi connectivity index (χ2v) is 3.26. The van der Waals surface area contributed by atoms with Crippen molar-refractivity contribution in [1.29, 1.82) is 0 Å². The highest BCUT2D eigenvalue weighted by Gasteiger charge is 2.41. The monoisotopic (exact) mass is 247 g/mol. The number of hydrogen-bond donors (Lipinski definition) is 5. The lowest BCUT2D eigenvalue weighted by Gasteiger charge is -2.16. The van der Waals surface area contributed by atoms with E-state index in [4.69, 9.17) is 25.1 Å². The van der Waals surface area contributed by atoms with Gasteiger partial charge in [0.2, 0.25) is 0 Å². The van der Waals surface area contributed by atoms with Crippen LogP contribution in [0.5, 0.6) is 0 Å². The summed E-state index contributed by atoms with van der Waals surface area (Å²) >= 11 is 0. The van der Waals surface area contributed by atoms with Crippen LogP contribution in [0.4, 0.5) is 0 Å². The van der Waals surface area contributed by atoms with Crippen molar-refractivity contribution in [2.75, 3.05) is 26.9 Å². The van der Waals surface area contributed by atoms with Crippen molar-refractivity contribution in [2.45, 2.75) is 5.54 Å². The van der Waals surface area contributed by atoms with Crippen LogP contribution in [0, 0.1) is 10.1 Å². The topological polar surface area (TPSA) is 154 Å². The fraction of sp³-hybridized carbons (Fsp3) is 1.00. The molecule has 0 saturated heterocycles. The maximum Gasteiger partial charge on any atom is 0.326 e. The third-order valence-electron chi connectivity index (χ3n) is 1.43. The molecule has 0 fully saturated rings. The first-order valence-electron chi connectivity index (χ1n) is 3.59. The normalized spacial score (nSPS) is 10.9. The van der Waals surface area contributed by atoms with Gasteiger partial charge in [-0.15, -0.1) is 0 Å². The Hall–Kier alpha value is -0.410. The number of rotatable bonds is 5. The Morgan fingerprint density at radius 1 is 1.27 bits per heavy atom. The largest absolute Gasteiger partial charge is 0.389 e. The molecule has 0 aromatic rings. The Kier molecular flexibility index (Phi) is 10.0. The molecular formula is C5H14NO8P. The predicted octanol–water partition coefficient (Wildman–Crippen LogP) is -2.18. The quantitative estimate of drug-likeness (QED) is 0.209. The second kappa shape index (κ2) is 8.86. The van der Waals surface area contributed by atoms with E-state index in [1.807, 2.05) is 0 Å². The molecule has 0 aliphatic heterocycles. The summed E-state index contributed by atoms with van der Waals surface area (Å²) in [6.07, 6.45) is 0. The Morgan fingerprint density at radius 2 is 1.53 bits per heavy atom. The molecule has 0 aromatic carbocycles. The molecule has 15 heavy (non-hydrogen) atoms. The molecule has 10 heteroatoms. The van der Waals surface area contributed by atoms with Crippen molar-refractivity contribution in [2.24, 2.45) is 0 Å². The second-order valence-electron chi connectivity index (χ2n) is 2.39. The number of aliphatic hydroxyl groups excluding tert-OH is 3. The third-order valence-corrected chi connectivity index (χ3v) is 1.76.